The van der Waals surface area contributed by atoms with Crippen LogP contribution in [0.15, 0.2) is 46.2 Å². The lowest BCUT2D eigenvalue weighted by Gasteiger charge is -2.50. The zero-order valence-electron chi connectivity index (χ0n) is 19.6. The number of aliphatic hydroxyl groups excluding tert-OH is 2. The number of rotatable bonds is 3. The van der Waals surface area contributed by atoms with Gasteiger partial charge in [0.1, 0.15) is 22.8 Å². The minimum Gasteiger partial charge on any atom is -0.508 e. The molecule has 0 radical (unpaired) electrons. The molecular weight excluding hydrogens is 488 g/mol. The third kappa shape index (κ3) is 3.13. The first-order valence-electron chi connectivity index (χ1n) is 11.4. The van der Waals surface area contributed by atoms with E-state index >= 15 is 0 Å². The zero-order valence-corrected chi connectivity index (χ0v) is 20.3. The fourth-order valence-corrected chi connectivity index (χ4v) is 6.43. The molecule has 36 heavy (non-hydrogen) atoms. The Labute approximate surface area is 211 Å². The Morgan fingerprint density at radius 2 is 1.86 bits per heavy atom. The van der Waals surface area contributed by atoms with Gasteiger partial charge in [-0.05, 0) is 61.7 Å². The minimum atomic E-state index is -2.65. The molecular formula is C26H25ClN2O7. The smallest absolute Gasteiger partial charge is 0.255 e. The third-order valence-corrected chi connectivity index (χ3v) is 8.03. The Kier molecular flexibility index (Phi) is 5.44. The topological polar surface area (TPSA) is 161 Å². The number of nitrogens with two attached hydrogens (primary N) is 1. The summed E-state index contributed by atoms with van der Waals surface area (Å²) < 4.78 is 0. The normalized spacial score (nSPS) is 29.6. The van der Waals surface area contributed by atoms with Crippen molar-refractivity contribution in [2.75, 3.05) is 14.1 Å². The first-order chi connectivity index (χ1) is 16.9. The number of phenols is 1. The summed E-state index contributed by atoms with van der Waals surface area (Å²) in [5, 5.41) is 45.1. The van der Waals surface area contributed by atoms with Gasteiger partial charge in [0.05, 0.1) is 11.6 Å². The van der Waals surface area contributed by atoms with Gasteiger partial charge in [-0.15, -0.1) is 0 Å². The lowest BCUT2D eigenvalue weighted by molar-refractivity contribution is -0.153. The van der Waals surface area contributed by atoms with Gasteiger partial charge in [-0.1, -0.05) is 23.7 Å². The Morgan fingerprint density at radius 3 is 2.44 bits per heavy atom. The zero-order chi connectivity index (χ0) is 26.3. The van der Waals surface area contributed by atoms with Crippen molar-refractivity contribution in [2.24, 2.45) is 17.6 Å². The maximum absolute atomic E-state index is 13.8. The summed E-state index contributed by atoms with van der Waals surface area (Å²) in [6.45, 7) is 0. The van der Waals surface area contributed by atoms with Crippen LogP contribution < -0.4 is 5.73 Å². The van der Waals surface area contributed by atoms with Gasteiger partial charge in [-0.3, -0.25) is 19.3 Å². The predicted molar refractivity (Wildman–Crippen MR) is 131 cm³/mol. The summed E-state index contributed by atoms with van der Waals surface area (Å²) in [7, 11) is 3.12. The van der Waals surface area contributed by atoms with Crippen LogP contribution in [0.4, 0.5) is 0 Å². The van der Waals surface area contributed by atoms with Crippen LogP contribution in [-0.4, -0.2) is 68.5 Å². The molecule has 1 saturated carbocycles. The van der Waals surface area contributed by atoms with Crippen molar-refractivity contribution >= 4 is 40.4 Å². The highest BCUT2D eigenvalue weighted by Gasteiger charge is 2.64. The molecule has 0 heterocycles. The molecule has 0 bridgehead atoms. The third-order valence-electron chi connectivity index (χ3n) is 7.77. The van der Waals surface area contributed by atoms with Crippen LogP contribution in [0.2, 0.25) is 0 Å². The second-order valence-electron chi connectivity index (χ2n) is 9.93. The van der Waals surface area contributed by atoms with Crippen LogP contribution in [0.5, 0.6) is 5.75 Å². The van der Waals surface area contributed by atoms with E-state index in [2.05, 4.69) is 0 Å². The average Bonchev–Trinajstić information content (AvgIpc) is 3.22. The molecule has 1 aromatic carbocycles. The molecule has 0 saturated heterocycles. The molecule has 4 atom stereocenters. The second-order valence-corrected chi connectivity index (χ2v) is 10.4. The number of Topliss-reactive ketones (excluding diaryl/α,β-unsaturated/α-hetero) is 2. The second kappa shape index (κ2) is 8.06. The maximum atomic E-state index is 13.8. The van der Waals surface area contributed by atoms with E-state index in [1.807, 2.05) is 6.08 Å². The number of hydrogen-bond acceptors (Lipinski definition) is 8. The number of primary amides is 1. The number of halogens is 1. The Hall–Kier alpha value is -3.40. The lowest BCUT2D eigenvalue weighted by atomic mass is 9.57. The number of ketones is 2. The number of fused-ring (bicyclic) bond motifs is 3. The first-order valence-corrected chi connectivity index (χ1v) is 11.8. The van der Waals surface area contributed by atoms with Crippen LogP contribution in [0.3, 0.4) is 0 Å². The quantitative estimate of drug-likeness (QED) is 0.383. The molecule has 4 aliphatic rings. The van der Waals surface area contributed by atoms with Crippen LogP contribution in [0.1, 0.15) is 29.5 Å². The number of allylic oxidation sites excluding steroid dienone is 4. The number of hydrogen-bond donors (Lipinski definition) is 5. The number of aromatic hydroxyl groups is 1. The van der Waals surface area contributed by atoms with Crippen molar-refractivity contribution in [2.45, 2.75) is 30.9 Å². The molecule has 0 unspecified atom stereocenters. The Bertz CT molecular complexity index is 1390. The van der Waals surface area contributed by atoms with E-state index in [4.69, 9.17) is 17.3 Å². The highest BCUT2D eigenvalue weighted by Crippen LogP contribution is 2.53. The Morgan fingerprint density at radius 1 is 1.17 bits per heavy atom. The van der Waals surface area contributed by atoms with Crippen molar-refractivity contribution < 1.29 is 34.8 Å². The molecule has 188 valence electrons. The molecule has 1 amide bonds. The summed E-state index contributed by atoms with van der Waals surface area (Å²) in [4.78, 5) is 40.5. The Balaban J connectivity index is 1.72. The largest absolute Gasteiger partial charge is 0.508 e. The van der Waals surface area contributed by atoms with Crippen molar-refractivity contribution in [1.29, 1.82) is 0 Å². The standard InChI is InChI=1S/C26H25ClN2O7/c1-29(2)20-15-9-11-8-14-13(10-3-4-12(27)7-10)5-6-16(30)18(14)21(31)17(11)23(33)26(15,36)24(34)19(22(20)32)25(28)35/h3-6,11,15,20,30-31,34,36H,7-9H2,1-2H3,(H2,28,35)/t11-,15-,20-,26-/m1/s1. The number of carbonyl (C=O) groups is 3. The van der Waals surface area contributed by atoms with Crippen molar-refractivity contribution in [3.8, 4) is 5.75 Å². The molecule has 0 spiro atoms. The fraction of sp³-hybridized carbons (Fsp3) is 0.346. The number of phenolic OH excluding ortho intramolecular Hbond substituents is 1. The molecule has 10 heteroatoms. The SMILES string of the molecule is CN(C)[C@H]1C(=O)C(C(N)=O)=C(O)[C@]2(O)C(=O)C3=C(O)c4c(O)ccc(C5=CC=C(Cl)C5)c4C[C@@H]3C[C@H]12. The van der Waals surface area contributed by atoms with E-state index in [0.717, 1.165) is 11.1 Å². The maximum Gasteiger partial charge on any atom is 0.255 e. The van der Waals surface area contributed by atoms with Gasteiger partial charge < -0.3 is 26.2 Å². The highest BCUT2D eigenvalue weighted by atomic mass is 35.5. The van der Waals surface area contributed by atoms with Gasteiger partial charge in [0, 0.05) is 22.9 Å². The minimum absolute atomic E-state index is 0.0406. The number of amides is 1. The number of nitrogens with zero attached hydrogens (tertiary/aromatic N) is 1. The molecule has 0 aliphatic heterocycles. The first kappa shape index (κ1) is 24.3. The van der Waals surface area contributed by atoms with E-state index in [0.29, 0.717) is 17.0 Å². The van der Waals surface area contributed by atoms with Crippen LogP contribution in [-0.2, 0) is 20.8 Å². The molecule has 4 aliphatic carbocycles. The van der Waals surface area contributed by atoms with Gasteiger partial charge in [-0.2, -0.15) is 0 Å². The van der Waals surface area contributed by atoms with E-state index in [1.54, 1.807) is 26.2 Å². The van der Waals surface area contributed by atoms with Crippen LogP contribution >= 0.6 is 11.6 Å². The van der Waals surface area contributed by atoms with Crippen molar-refractivity contribution in [1.82, 2.24) is 4.90 Å². The summed E-state index contributed by atoms with van der Waals surface area (Å²) in [5.74, 6) is -6.68. The summed E-state index contributed by atoms with van der Waals surface area (Å²) in [5.41, 5.74) is 4.00. The van der Waals surface area contributed by atoms with Gasteiger partial charge in [0.25, 0.3) is 5.91 Å². The van der Waals surface area contributed by atoms with Gasteiger partial charge in [0.15, 0.2) is 11.4 Å². The number of benzene rings is 1. The number of likely N-dealkylation sites (N-methyl/N-ethyl adjacent to an activating group) is 1. The molecule has 5 rings (SSSR count). The van der Waals surface area contributed by atoms with Gasteiger partial charge >= 0.3 is 0 Å². The average molecular weight is 513 g/mol. The van der Waals surface area contributed by atoms with Gasteiger partial charge in [0.2, 0.25) is 5.78 Å². The van der Waals surface area contributed by atoms with Crippen LogP contribution in [0, 0.1) is 11.8 Å². The van der Waals surface area contributed by atoms with E-state index < -0.39 is 58.0 Å². The summed E-state index contributed by atoms with van der Waals surface area (Å²) in [6.07, 6.45) is 4.37. The van der Waals surface area contributed by atoms with Crippen LogP contribution in [0.25, 0.3) is 11.3 Å². The summed E-state index contributed by atoms with van der Waals surface area (Å²) >= 11 is 6.16. The molecule has 1 fully saturated rings. The fourth-order valence-electron chi connectivity index (χ4n) is 6.22. The van der Waals surface area contributed by atoms with Crippen molar-refractivity contribution in [3.63, 3.8) is 0 Å². The lowest BCUT2D eigenvalue weighted by Crippen LogP contribution is -2.65. The molecule has 1 aromatic rings. The molecule has 6 N–H and O–H groups in total. The van der Waals surface area contributed by atoms with E-state index in [-0.39, 0.29) is 29.7 Å². The predicted octanol–water partition coefficient (Wildman–Crippen LogP) is 1.87. The molecule has 9 nitrogen and oxygen atoms in total. The van der Waals surface area contributed by atoms with Crippen molar-refractivity contribution in [3.05, 3.63) is 62.9 Å². The monoisotopic (exact) mass is 512 g/mol. The highest BCUT2D eigenvalue weighted by molar-refractivity contribution is 6.31. The number of aliphatic hydroxyl groups is 3. The summed E-state index contributed by atoms with van der Waals surface area (Å²) in [6, 6.07) is 2.02. The van der Waals surface area contributed by atoms with E-state index in [9.17, 15) is 34.8 Å². The molecule has 0 aromatic heterocycles. The van der Waals surface area contributed by atoms with Gasteiger partial charge in [-0.25, -0.2) is 0 Å². The number of carbonyl (C=O) groups excluding carboxylic acids is 3. The van der Waals surface area contributed by atoms with E-state index in [1.165, 1.54) is 11.0 Å².